The molecule has 0 fully saturated rings. The maximum Gasteiger partial charge on any atom is 0.341 e. The standard InChI is InChI=1S/C21H23N3O4.ClH/c1-5-27-18-11-16-19(24-14-7-9-15(26-4)10-8-14)17(21(25)28-6-2)12-22-20(16)23-13(18)3;/h7-12H,5-6H2,1-4H3,(H,22,23,24);1H. The molecule has 0 amide bonds. The fourth-order valence-corrected chi connectivity index (χ4v) is 2.81. The number of fused-ring (bicyclic) bond motifs is 1. The summed E-state index contributed by atoms with van der Waals surface area (Å²) in [6.45, 7) is 6.33. The van der Waals surface area contributed by atoms with Gasteiger partial charge in [-0.2, -0.15) is 0 Å². The number of ether oxygens (including phenoxy) is 3. The third kappa shape index (κ3) is 4.86. The van der Waals surface area contributed by atoms with Crippen LogP contribution in [0.25, 0.3) is 11.0 Å². The van der Waals surface area contributed by atoms with Gasteiger partial charge >= 0.3 is 5.97 Å². The molecule has 8 heteroatoms. The lowest BCUT2D eigenvalue weighted by Crippen LogP contribution is -2.10. The summed E-state index contributed by atoms with van der Waals surface area (Å²) in [7, 11) is 1.61. The summed E-state index contributed by atoms with van der Waals surface area (Å²) in [5, 5.41) is 3.98. The van der Waals surface area contributed by atoms with Gasteiger partial charge in [-0.25, -0.2) is 14.8 Å². The van der Waals surface area contributed by atoms with Crippen molar-refractivity contribution in [2.45, 2.75) is 20.8 Å². The van der Waals surface area contributed by atoms with E-state index in [1.54, 1.807) is 14.0 Å². The van der Waals surface area contributed by atoms with Gasteiger partial charge in [0.25, 0.3) is 0 Å². The van der Waals surface area contributed by atoms with Crippen LogP contribution < -0.4 is 14.8 Å². The van der Waals surface area contributed by atoms with Crippen LogP contribution in [0.15, 0.2) is 36.5 Å². The first kappa shape index (κ1) is 22.2. The zero-order valence-electron chi connectivity index (χ0n) is 16.8. The summed E-state index contributed by atoms with van der Waals surface area (Å²) in [5.41, 5.74) is 2.95. The van der Waals surface area contributed by atoms with Gasteiger partial charge in [-0.05, 0) is 51.1 Å². The molecule has 0 bridgehead atoms. The lowest BCUT2D eigenvalue weighted by molar-refractivity contribution is 0.0527. The Labute approximate surface area is 175 Å². The summed E-state index contributed by atoms with van der Waals surface area (Å²) in [5.74, 6) is 0.939. The highest BCUT2D eigenvalue weighted by Crippen LogP contribution is 2.33. The quantitative estimate of drug-likeness (QED) is 0.558. The predicted octanol–water partition coefficient (Wildman–Crippen LogP) is 4.69. The summed E-state index contributed by atoms with van der Waals surface area (Å²) < 4.78 is 16.1. The van der Waals surface area contributed by atoms with E-state index < -0.39 is 5.97 Å². The molecule has 1 N–H and O–H groups in total. The third-order valence-electron chi connectivity index (χ3n) is 4.16. The molecule has 0 spiro atoms. The van der Waals surface area contributed by atoms with Crippen molar-refractivity contribution in [3.8, 4) is 11.5 Å². The summed E-state index contributed by atoms with van der Waals surface area (Å²) in [6.07, 6.45) is 1.49. The Balaban J connectivity index is 0.00000300. The second-order valence-electron chi connectivity index (χ2n) is 6.00. The average molecular weight is 418 g/mol. The number of halogens is 1. The number of carbonyl (C=O) groups excluding carboxylic acids is 1. The van der Waals surface area contributed by atoms with Crippen molar-refractivity contribution in [3.63, 3.8) is 0 Å². The molecule has 1 aromatic carbocycles. The number of anilines is 2. The molecule has 3 rings (SSSR count). The highest BCUT2D eigenvalue weighted by Gasteiger charge is 2.19. The normalized spacial score (nSPS) is 10.2. The zero-order chi connectivity index (χ0) is 20.1. The monoisotopic (exact) mass is 417 g/mol. The van der Waals surface area contributed by atoms with Crippen LogP contribution in [0.2, 0.25) is 0 Å². The van der Waals surface area contributed by atoms with Crippen molar-refractivity contribution in [3.05, 3.63) is 47.8 Å². The van der Waals surface area contributed by atoms with Gasteiger partial charge in [-0.1, -0.05) is 0 Å². The maximum atomic E-state index is 12.5. The SMILES string of the molecule is CCOC(=O)c1cnc2nc(C)c(OCC)cc2c1Nc1ccc(OC)cc1.Cl. The predicted molar refractivity (Wildman–Crippen MR) is 115 cm³/mol. The number of esters is 1. The third-order valence-corrected chi connectivity index (χ3v) is 4.16. The molecule has 29 heavy (non-hydrogen) atoms. The van der Waals surface area contributed by atoms with Crippen LogP contribution in [0.4, 0.5) is 11.4 Å². The molecule has 2 heterocycles. The summed E-state index contributed by atoms with van der Waals surface area (Å²) >= 11 is 0. The number of aromatic nitrogens is 2. The van der Waals surface area contributed by atoms with Crippen molar-refractivity contribution >= 4 is 40.8 Å². The molecule has 7 nitrogen and oxygen atoms in total. The Hall–Kier alpha value is -3.06. The molecule has 0 saturated carbocycles. The number of methoxy groups -OCH3 is 1. The summed E-state index contributed by atoms with van der Waals surface area (Å²) in [4.78, 5) is 21.4. The topological polar surface area (TPSA) is 82.6 Å². The number of nitrogens with one attached hydrogen (secondary N) is 1. The first-order valence-electron chi connectivity index (χ1n) is 9.08. The molecule has 3 aromatic rings. The Morgan fingerprint density at radius 3 is 2.48 bits per heavy atom. The Bertz CT molecular complexity index is 993. The van der Waals surface area contributed by atoms with Gasteiger partial charge in [0.1, 0.15) is 17.1 Å². The minimum Gasteiger partial charge on any atom is -0.497 e. The van der Waals surface area contributed by atoms with Crippen molar-refractivity contribution in [1.82, 2.24) is 9.97 Å². The number of aryl methyl sites for hydroxylation is 1. The molecule has 0 aliphatic carbocycles. The number of rotatable bonds is 7. The molecule has 0 atom stereocenters. The smallest absolute Gasteiger partial charge is 0.341 e. The van der Waals surface area contributed by atoms with E-state index in [1.807, 2.05) is 44.2 Å². The molecule has 0 aliphatic rings. The summed E-state index contributed by atoms with van der Waals surface area (Å²) in [6, 6.07) is 9.26. The van der Waals surface area contributed by atoms with E-state index in [4.69, 9.17) is 14.2 Å². The molecular weight excluding hydrogens is 394 g/mol. The van der Waals surface area contributed by atoms with Crippen molar-refractivity contribution in [2.24, 2.45) is 0 Å². The average Bonchev–Trinajstić information content (AvgIpc) is 2.70. The van der Waals surface area contributed by atoms with Crippen LogP contribution in [0.3, 0.4) is 0 Å². The van der Waals surface area contributed by atoms with Crippen molar-refractivity contribution in [1.29, 1.82) is 0 Å². The number of pyridine rings is 2. The van der Waals surface area contributed by atoms with Crippen LogP contribution in [-0.2, 0) is 4.74 Å². The van der Waals surface area contributed by atoms with Crippen LogP contribution in [-0.4, -0.2) is 36.3 Å². The molecular formula is C21H24ClN3O4. The van der Waals surface area contributed by atoms with Crippen LogP contribution in [0.1, 0.15) is 29.9 Å². The minimum absolute atomic E-state index is 0. The van der Waals surface area contributed by atoms with Gasteiger partial charge in [0, 0.05) is 17.3 Å². The molecule has 0 aliphatic heterocycles. The van der Waals surface area contributed by atoms with E-state index in [-0.39, 0.29) is 19.0 Å². The first-order chi connectivity index (χ1) is 13.6. The second-order valence-corrected chi connectivity index (χ2v) is 6.00. The number of carbonyl (C=O) groups is 1. The van der Waals surface area contributed by atoms with E-state index in [2.05, 4.69) is 15.3 Å². The highest BCUT2D eigenvalue weighted by molar-refractivity contribution is 6.05. The molecule has 0 unspecified atom stereocenters. The van der Waals surface area contributed by atoms with E-state index in [1.165, 1.54) is 6.20 Å². The lowest BCUT2D eigenvalue weighted by Gasteiger charge is -2.15. The van der Waals surface area contributed by atoms with E-state index in [9.17, 15) is 4.79 Å². The van der Waals surface area contributed by atoms with Crippen molar-refractivity contribution in [2.75, 3.05) is 25.6 Å². The maximum absolute atomic E-state index is 12.5. The largest absolute Gasteiger partial charge is 0.497 e. The van der Waals surface area contributed by atoms with Gasteiger partial charge in [0.05, 0.1) is 31.7 Å². The number of benzene rings is 1. The highest BCUT2D eigenvalue weighted by atomic mass is 35.5. The Morgan fingerprint density at radius 1 is 1.14 bits per heavy atom. The first-order valence-corrected chi connectivity index (χ1v) is 9.08. The minimum atomic E-state index is -0.452. The van der Waals surface area contributed by atoms with E-state index in [0.29, 0.717) is 34.6 Å². The van der Waals surface area contributed by atoms with Crippen LogP contribution in [0.5, 0.6) is 11.5 Å². The van der Waals surface area contributed by atoms with Gasteiger partial charge in [0.2, 0.25) is 0 Å². The van der Waals surface area contributed by atoms with E-state index in [0.717, 1.165) is 17.1 Å². The van der Waals surface area contributed by atoms with Crippen molar-refractivity contribution < 1.29 is 19.0 Å². The van der Waals surface area contributed by atoms with E-state index >= 15 is 0 Å². The van der Waals surface area contributed by atoms with Gasteiger partial charge < -0.3 is 19.5 Å². The van der Waals surface area contributed by atoms with Gasteiger partial charge in [0.15, 0.2) is 5.65 Å². The van der Waals surface area contributed by atoms with Crippen LogP contribution >= 0.6 is 12.4 Å². The number of hydrogen-bond donors (Lipinski definition) is 1. The second kappa shape index (κ2) is 9.93. The fraction of sp³-hybridized carbons (Fsp3) is 0.286. The Morgan fingerprint density at radius 2 is 1.86 bits per heavy atom. The molecule has 0 saturated heterocycles. The Kier molecular flexibility index (Phi) is 7.61. The van der Waals surface area contributed by atoms with Gasteiger partial charge in [-0.3, -0.25) is 0 Å². The molecule has 2 aromatic heterocycles. The molecule has 154 valence electrons. The number of nitrogens with zero attached hydrogens (tertiary/aromatic N) is 2. The number of hydrogen-bond acceptors (Lipinski definition) is 7. The lowest BCUT2D eigenvalue weighted by atomic mass is 10.1. The zero-order valence-corrected chi connectivity index (χ0v) is 17.6. The molecule has 0 radical (unpaired) electrons. The fourth-order valence-electron chi connectivity index (χ4n) is 2.81. The van der Waals surface area contributed by atoms with Gasteiger partial charge in [-0.15, -0.1) is 12.4 Å². The van der Waals surface area contributed by atoms with Crippen LogP contribution in [0, 0.1) is 6.92 Å².